The first-order chi connectivity index (χ1) is 10.1. The van der Waals surface area contributed by atoms with E-state index in [1.807, 2.05) is 11.3 Å². The summed E-state index contributed by atoms with van der Waals surface area (Å²) in [4.78, 5) is 4.07. The molecule has 21 heavy (non-hydrogen) atoms. The molecule has 0 radical (unpaired) electrons. The molecule has 112 valence electrons. The number of hydrogen-bond donors (Lipinski definition) is 1. The molecule has 0 saturated heterocycles. The van der Waals surface area contributed by atoms with Crippen LogP contribution in [0.2, 0.25) is 0 Å². The Morgan fingerprint density at radius 1 is 1.29 bits per heavy atom. The van der Waals surface area contributed by atoms with Crippen LogP contribution in [0.25, 0.3) is 0 Å². The average molecular weight is 300 g/mol. The molecule has 3 rings (SSSR count). The molecular weight excluding hydrogens is 276 g/mol. The predicted octanol–water partition coefficient (Wildman–Crippen LogP) is 4.12. The summed E-state index contributed by atoms with van der Waals surface area (Å²) in [5.41, 5.74) is 5.66. The Labute approximate surface area is 131 Å². The lowest BCUT2D eigenvalue weighted by Gasteiger charge is -2.29. The van der Waals surface area contributed by atoms with Crippen LogP contribution in [0, 0.1) is 6.92 Å². The van der Waals surface area contributed by atoms with Gasteiger partial charge in [-0.15, -0.1) is 11.3 Å². The molecule has 1 aliphatic rings. The molecular formula is C18H24N2S. The van der Waals surface area contributed by atoms with Crippen molar-refractivity contribution in [2.45, 2.75) is 46.3 Å². The summed E-state index contributed by atoms with van der Waals surface area (Å²) in [5, 5.41) is 5.72. The van der Waals surface area contributed by atoms with E-state index < -0.39 is 0 Å². The maximum Gasteiger partial charge on any atom is 0.0440 e. The van der Waals surface area contributed by atoms with Crippen LogP contribution >= 0.6 is 11.3 Å². The predicted molar refractivity (Wildman–Crippen MR) is 92.2 cm³/mol. The van der Waals surface area contributed by atoms with Crippen molar-refractivity contribution in [3.8, 4) is 0 Å². The number of rotatable bonds is 4. The van der Waals surface area contributed by atoms with Gasteiger partial charge in [-0.05, 0) is 53.6 Å². The average Bonchev–Trinajstić information content (AvgIpc) is 2.93. The van der Waals surface area contributed by atoms with Crippen LogP contribution in [0.3, 0.4) is 0 Å². The largest absolute Gasteiger partial charge is 0.367 e. The minimum Gasteiger partial charge on any atom is -0.367 e. The molecule has 0 aliphatic carbocycles. The molecule has 0 spiro atoms. The second-order valence-corrected chi connectivity index (χ2v) is 7.19. The van der Waals surface area contributed by atoms with Gasteiger partial charge in [0, 0.05) is 36.2 Å². The normalized spacial score (nSPS) is 14.6. The topological polar surface area (TPSA) is 15.3 Å². The maximum absolute atomic E-state index is 3.50. The second-order valence-electron chi connectivity index (χ2n) is 6.19. The number of hydrogen-bond acceptors (Lipinski definition) is 3. The van der Waals surface area contributed by atoms with Gasteiger partial charge in [0.25, 0.3) is 0 Å². The molecule has 2 aromatic rings. The number of thiophene rings is 1. The molecule has 0 fully saturated rings. The summed E-state index contributed by atoms with van der Waals surface area (Å²) in [6, 6.07) is 9.71. The summed E-state index contributed by atoms with van der Waals surface area (Å²) in [6.07, 6.45) is 1.18. The zero-order chi connectivity index (χ0) is 14.8. The van der Waals surface area contributed by atoms with Crippen molar-refractivity contribution in [3.05, 3.63) is 51.2 Å². The van der Waals surface area contributed by atoms with Crippen molar-refractivity contribution >= 4 is 17.0 Å². The fraction of sp³-hybridized carbons (Fsp3) is 0.444. The van der Waals surface area contributed by atoms with Gasteiger partial charge in [-0.1, -0.05) is 19.9 Å². The Hall–Kier alpha value is -1.32. The molecule has 1 aromatic heterocycles. The third-order valence-corrected chi connectivity index (χ3v) is 5.22. The highest BCUT2D eigenvalue weighted by molar-refractivity contribution is 7.10. The first-order valence-electron chi connectivity index (χ1n) is 7.76. The van der Waals surface area contributed by atoms with Crippen LogP contribution in [0.5, 0.6) is 0 Å². The first-order valence-corrected chi connectivity index (χ1v) is 8.64. The summed E-state index contributed by atoms with van der Waals surface area (Å²) in [7, 11) is 0. The highest BCUT2D eigenvalue weighted by Crippen LogP contribution is 2.28. The van der Waals surface area contributed by atoms with Crippen LogP contribution in [0.4, 0.5) is 5.69 Å². The van der Waals surface area contributed by atoms with Crippen LogP contribution < -0.4 is 10.2 Å². The van der Waals surface area contributed by atoms with Gasteiger partial charge in [-0.3, -0.25) is 0 Å². The van der Waals surface area contributed by atoms with E-state index >= 15 is 0 Å². The molecule has 0 saturated carbocycles. The molecule has 3 heteroatoms. The molecule has 0 atom stereocenters. The quantitative estimate of drug-likeness (QED) is 0.914. The van der Waals surface area contributed by atoms with Gasteiger partial charge in [0.15, 0.2) is 0 Å². The highest BCUT2D eigenvalue weighted by Gasteiger charge is 2.17. The number of fused-ring (bicyclic) bond motifs is 1. The Morgan fingerprint density at radius 3 is 2.90 bits per heavy atom. The highest BCUT2D eigenvalue weighted by atomic mass is 32.1. The molecule has 0 unspecified atom stereocenters. The zero-order valence-electron chi connectivity index (χ0n) is 13.1. The first kappa shape index (κ1) is 14.6. The van der Waals surface area contributed by atoms with Crippen LogP contribution in [-0.2, 0) is 19.5 Å². The summed E-state index contributed by atoms with van der Waals surface area (Å²) < 4.78 is 0. The number of nitrogens with one attached hydrogen (secondary N) is 1. The third kappa shape index (κ3) is 3.30. The van der Waals surface area contributed by atoms with E-state index in [0.29, 0.717) is 6.04 Å². The van der Waals surface area contributed by atoms with Gasteiger partial charge in [0.05, 0.1) is 0 Å². The molecule has 1 aromatic carbocycles. The van der Waals surface area contributed by atoms with Crippen molar-refractivity contribution in [1.82, 2.24) is 5.32 Å². The molecule has 1 N–H and O–H groups in total. The van der Waals surface area contributed by atoms with E-state index in [2.05, 4.69) is 60.6 Å². The van der Waals surface area contributed by atoms with Crippen molar-refractivity contribution in [1.29, 1.82) is 0 Å². The maximum atomic E-state index is 3.50. The van der Waals surface area contributed by atoms with Gasteiger partial charge < -0.3 is 10.2 Å². The summed E-state index contributed by atoms with van der Waals surface area (Å²) >= 11 is 1.90. The van der Waals surface area contributed by atoms with Gasteiger partial charge >= 0.3 is 0 Å². The SMILES string of the molecule is Cc1cc(N2CCc3sccc3C2)ccc1CNC(C)C. The van der Waals surface area contributed by atoms with Gasteiger partial charge in [0.2, 0.25) is 0 Å². The van der Waals surface area contributed by atoms with Gasteiger partial charge in [-0.2, -0.15) is 0 Å². The summed E-state index contributed by atoms with van der Waals surface area (Å²) in [5.74, 6) is 0. The molecule has 0 bridgehead atoms. The minimum atomic E-state index is 0.531. The smallest absolute Gasteiger partial charge is 0.0440 e. The zero-order valence-corrected chi connectivity index (χ0v) is 14.0. The van der Waals surface area contributed by atoms with E-state index in [0.717, 1.165) is 19.6 Å². The van der Waals surface area contributed by atoms with Crippen molar-refractivity contribution in [2.75, 3.05) is 11.4 Å². The minimum absolute atomic E-state index is 0.531. The van der Waals surface area contributed by atoms with Crippen molar-refractivity contribution < 1.29 is 0 Å². The number of nitrogens with zero attached hydrogens (tertiary/aromatic N) is 1. The number of aryl methyl sites for hydroxylation is 1. The van der Waals surface area contributed by atoms with Crippen LogP contribution in [0.15, 0.2) is 29.6 Å². The lowest BCUT2D eigenvalue weighted by atomic mass is 10.0. The third-order valence-electron chi connectivity index (χ3n) is 4.20. The fourth-order valence-corrected chi connectivity index (χ4v) is 3.75. The number of anilines is 1. The Kier molecular flexibility index (Phi) is 4.32. The van der Waals surface area contributed by atoms with Crippen LogP contribution in [0.1, 0.15) is 35.4 Å². The Morgan fingerprint density at radius 2 is 2.14 bits per heavy atom. The van der Waals surface area contributed by atoms with Gasteiger partial charge in [-0.25, -0.2) is 0 Å². The van der Waals surface area contributed by atoms with E-state index in [9.17, 15) is 0 Å². The van der Waals surface area contributed by atoms with Crippen molar-refractivity contribution in [3.63, 3.8) is 0 Å². The van der Waals surface area contributed by atoms with Crippen LogP contribution in [-0.4, -0.2) is 12.6 Å². The van der Waals surface area contributed by atoms with E-state index in [4.69, 9.17) is 0 Å². The van der Waals surface area contributed by atoms with E-state index in [1.165, 1.54) is 28.8 Å². The lowest BCUT2D eigenvalue weighted by Crippen LogP contribution is -2.29. The summed E-state index contributed by atoms with van der Waals surface area (Å²) in [6.45, 7) is 9.75. The standard InChI is InChI=1S/C18H24N2S/c1-13(2)19-11-15-4-5-17(10-14(15)3)20-8-6-18-16(12-20)7-9-21-18/h4-5,7,9-10,13,19H,6,8,11-12H2,1-3H3. The van der Waals surface area contributed by atoms with E-state index in [1.54, 1.807) is 4.88 Å². The second kappa shape index (κ2) is 6.20. The monoisotopic (exact) mass is 300 g/mol. The Balaban J connectivity index is 1.73. The fourth-order valence-electron chi connectivity index (χ4n) is 2.86. The van der Waals surface area contributed by atoms with Gasteiger partial charge in [0.1, 0.15) is 0 Å². The Bertz CT molecular complexity index is 615. The molecule has 0 amide bonds. The van der Waals surface area contributed by atoms with Crippen molar-refractivity contribution in [2.24, 2.45) is 0 Å². The lowest BCUT2D eigenvalue weighted by molar-refractivity contribution is 0.587. The molecule has 2 nitrogen and oxygen atoms in total. The number of benzene rings is 1. The molecule has 1 aliphatic heterocycles. The molecule has 2 heterocycles. The van der Waals surface area contributed by atoms with E-state index in [-0.39, 0.29) is 0 Å².